The lowest BCUT2D eigenvalue weighted by Crippen LogP contribution is -2.59. The predicted molar refractivity (Wildman–Crippen MR) is 139 cm³/mol. The normalized spacial score (nSPS) is 13.3. The number of nitrogens with one attached hydrogen (secondary N) is 2. The number of alkyl halides is 9. The van der Waals surface area contributed by atoms with Gasteiger partial charge in [-0.25, -0.2) is 8.78 Å². The third kappa shape index (κ3) is 6.21. The summed E-state index contributed by atoms with van der Waals surface area (Å²) in [4.78, 5) is 25.7. The van der Waals surface area contributed by atoms with Crippen LogP contribution in [-0.2, 0) is 5.67 Å². The van der Waals surface area contributed by atoms with E-state index in [9.17, 15) is 54.4 Å². The first-order valence-corrected chi connectivity index (χ1v) is 12.4. The summed E-state index contributed by atoms with van der Waals surface area (Å²) >= 11 is 11.4. The minimum absolute atomic E-state index is 0.0512. The lowest BCUT2D eigenvalue weighted by Gasteiger charge is -2.36. The zero-order chi connectivity index (χ0) is 34.3. The number of rotatable bonds is 6. The van der Waals surface area contributed by atoms with Gasteiger partial charge < -0.3 is 10.6 Å². The Kier molecular flexibility index (Phi) is 9.39. The van der Waals surface area contributed by atoms with Crippen molar-refractivity contribution in [2.24, 2.45) is 0 Å². The molecular weight excluding hydrogens is 673 g/mol. The standard InChI is InChI=1S/C27H12Cl2F10N4O2/c1-11-6-12(9-40)2-4-15(11)22(44)42-20-13(10-41)3-5-16(19(20)30)23(45)43-21-17(28)7-14(8-18(21)29)24(31,26(34,35)36)25(32,33)27(37,38)39/h2-8H,1H3,(H,42,44)(H,43,45). The Labute approximate surface area is 255 Å². The van der Waals surface area contributed by atoms with Crippen LogP contribution in [0.25, 0.3) is 0 Å². The molecule has 0 aliphatic rings. The summed E-state index contributed by atoms with van der Waals surface area (Å²) in [5.74, 6) is -11.0. The van der Waals surface area contributed by atoms with E-state index in [0.717, 1.165) is 12.1 Å². The van der Waals surface area contributed by atoms with E-state index >= 15 is 4.39 Å². The van der Waals surface area contributed by atoms with Gasteiger partial charge in [0.25, 0.3) is 11.8 Å². The van der Waals surface area contributed by atoms with Crippen LogP contribution in [0, 0.1) is 35.4 Å². The maximum Gasteiger partial charge on any atom is 0.457 e. The Morgan fingerprint density at radius 3 is 1.71 bits per heavy atom. The maximum absolute atomic E-state index is 15.5. The molecule has 3 aromatic carbocycles. The number of amides is 2. The Hall–Kier alpha value is -4.54. The van der Waals surface area contributed by atoms with Crippen molar-refractivity contribution < 1.29 is 53.5 Å². The molecule has 0 bridgehead atoms. The highest BCUT2D eigenvalue weighted by Crippen LogP contribution is 2.59. The Balaban J connectivity index is 2.03. The number of aryl methyl sites for hydroxylation is 1. The predicted octanol–water partition coefficient (Wildman–Crippen LogP) is 8.61. The minimum Gasteiger partial charge on any atom is -0.319 e. The van der Waals surface area contributed by atoms with Gasteiger partial charge in [-0.3, -0.25) is 9.59 Å². The number of hydrogen-bond acceptors (Lipinski definition) is 4. The molecule has 3 aromatic rings. The molecule has 0 fully saturated rings. The van der Waals surface area contributed by atoms with Crippen molar-refractivity contribution in [1.29, 1.82) is 10.5 Å². The average molecular weight is 685 g/mol. The molecule has 0 aromatic heterocycles. The summed E-state index contributed by atoms with van der Waals surface area (Å²) in [5.41, 5.74) is -11.5. The van der Waals surface area contributed by atoms with Crippen LogP contribution in [-0.4, -0.2) is 30.1 Å². The number of benzene rings is 3. The summed E-state index contributed by atoms with van der Waals surface area (Å²) in [6.45, 7) is 1.45. The van der Waals surface area contributed by atoms with E-state index in [1.807, 2.05) is 11.4 Å². The van der Waals surface area contributed by atoms with Gasteiger partial charge in [-0.05, 0) is 55.0 Å². The quantitative estimate of drug-likeness (QED) is 0.254. The molecule has 1 atom stereocenters. The highest BCUT2D eigenvalue weighted by molar-refractivity contribution is 6.40. The molecular formula is C27H12Cl2F10N4O2. The highest BCUT2D eigenvalue weighted by Gasteiger charge is 2.81. The van der Waals surface area contributed by atoms with Crippen LogP contribution >= 0.6 is 23.2 Å². The van der Waals surface area contributed by atoms with Gasteiger partial charge in [0, 0.05) is 11.1 Å². The SMILES string of the molecule is Cc1cc(C#N)ccc1C(=O)Nc1c(C#N)ccc(C(=O)Nc2c(Cl)cc(C(F)(C(F)(F)F)C(F)(F)C(F)(F)F)cc2Cl)c1F. The molecule has 6 nitrogen and oxygen atoms in total. The van der Waals surface area contributed by atoms with Crippen molar-refractivity contribution >= 4 is 46.4 Å². The number of anilines is 2. The average Bonchev–Trinajstić information content (AvgIpc) is 2.93. The summed E-state index contributed by atoms with van der Waals surface area (Å²) in [6.07, 6.45) is -13.9. The van der Waals surface area contributed by atoms with Crippen molar-refractivity contribution in [3.05, 3.63) is 91.7 Å². The fourth-order valence-corrected chi connectivity index (χ4v) is 4.51. The van der Waals surface area contributed by atoms with Gasteiger partial charge in [-0.1, -0.05) is 23.2 Å². The van der Waals surface area contributed by atoms with Gasteiger partial charge in [0.05, 0.1) is 44.2 Å². The lowest BCUT2D eigenvalue weighted by atomic mass is 9.87. The summed E-state index contributed by atoms with van der Waals surface area (Å²) in [5, 5.41) is 19.8. The van der Waals surface area contributed by atoms with Crippen molar-refractivity contribution in [2.45, 2.75) is 30.9 Å². The van der Waals surface area contributed by atoms with Crippen LogP contribution in [0.15, 0.2) is 42.5 Å². The van der Waals surface area contributed by atoms with Crippen LogP contribution in [0.4, 0.5) is 55.3 Å². The lowest BCUT2D eigenvalue weighted by molar-refractivity contribution is -0.389. The van der Waals surface area contributed by atoms with Crippen molar-refractivity contribution in [1.82, 2.24) is 0 Å². The van der Waals surface area contributed by atoms with Crippen molar-refractivity contribution in [2.75, 3.05) is 10.6 Å². The molecule has 18 heteroatoms. The Morgan fingerprint density at radius 1 is 0.733 bits per heavy atom. The van der Waals surface area contributed by atoms with E-state index in [2.05, 4.69) is 5.32 Å². The highest BCUT2D eigenvalue weighted by atomic mass is 35.5. The van der Waals surface area contributed by atoms with Crippen molar-refractivity contribution in [3.63, 3.8) is 0 Å². The van der Waals surface area contributed by atoms with Crippen LogP contribution in [0.5, 0.6) is 0 Å². The second-order valence-electron chi connectivity index (χ2n) is 9.05. The maximum atomic E-state index is 15.5. The molecule has 0 aliphatic carbocycles. The molecule has 0 saturated carbocycles. The van der Waals surface area contributed by atoms with Gasteiger partial charge >= 0.3 is 23.9 Å². The third-order valence-corrected chi connectivity index (χ3v) is 6.80. The number of nitrogens with zero attached hydrogens (tertiary/aromatic N) is 2. The molecule has 0 radical (unpaired) electrons. The van der Waals surface area contributed by atoms with Crippen LogP contribution < -0.4 is 10.6 Å². The van der Waals surface area contributed by atoms with E-state index < -0.39 is 79.7 Å². The molecule has 45 heavy (non-hydrogen) atoms. The first-order valence-electron chi connectivity index (χ1n) is 11.7. The number of nitriles is 2. The molecule has 0 spiro atoms. The molecule has 2 N–H and O–H groups in total. The molecule has 2 amide bonds. The number of halogens is 12. The zero-order valence-electron chi connectivity index (χ0n) is 21.8. The third-order valence-electron chi connectivity index (χ3n) is 6.20. The largest absolute Gasteiger partial charge is 0.457 e. The smallest absolute Gasteiger partial charge is 0.319 e. The topological polar surface area (TPSA) is 106 Å². The minimum atomic E-state index is -7.03. The van der Waals surface area contributed by atoms with Crippen LogP contribution in [0.1, 0.15) is 43.0 Å². The first kappa shape index (κ1) is 34.9. The van der Waals surface area contributed by atoms with E-state index in [1.165, 1.54) is 25.1 Å². The first-order chi connectivity index (χ1) is 20.6. The summed E-state index contributed by atoms with van der Waals surface area (Å²) < 4.78 is 137. The van der Waals surface area contributed by atoms with E-state index in [4.69, 9.17) is 28.5 Å². The summed E-state index contributed by atoms with van der Waals surface area (Å²) in [6, 6.07) is 8.30. The number of carbonyl (C=O) groups excluding carboxylic acids is 2. The number of hydrogen-bond donors (Lipinski definition) is 2. The fourth-order valence-electron chi connectivity index (χ4n) is 3.93. The van der Waals surface area contributed by atoms with Crippen LogP contribution in [0.2, 0.25) is 10.0 Å². The molecule has 0 heterocycles. The number of carbonyl (C=O) groups is 2. The van der Waals surface area contributed by atoms with Gasteiger partial charge in [0.2, 0.25) is 0 Å². The zero-order valence-corrected chi connectivity index (χ0v) is 23.3. The van der Waals surface area contributed by atoms with Crippen LogP contribution in [0.3, 0.4) is 0 Å². The van der Waals surface area contributed by atoms with Gasteiger partial charge in [0.15, 0.2) is 5.82 Å². The monoisotopic (exact) mass is 684 g/mol. The molecule has 3 rings (SSSR count). The van der Waals surface area contributed by atoms with E-state index in [1.54, 1.807) is 6.07 Å². The Morgan fingerprint density at radius 2 is 1.24 bits per heavy atom. The van der Waals surface area contributed by atoms with E-state index in [0.29, 0.717) is 0 Å². The molecule has 236 valence electrons. The molecule has 0 saturated heterocycles. The fraction of sp³-hybridized carbons (Fsp3) is 0.185. The van der Waals surface area contributed by atoms with E-state index in [-0.39, 0.29) is 28.8 Å². The Bertz CT molecular complexity index is 1770. The second-order valence-corrected chi connectivity index (χ2v) is 9.87. The second kappa shape index (κ2) is 12.1. The van der Waals surface area contributed by atoms with Gasteiger partial charge in [-0.2, -0.15) is 45.6 Å². The van der Waals surface area contributed by atoms with Gasteiger partial charge in [-0.15, -0.1) is 0 Å². The molecule has 0 aliphatic heterocycles. The van der Waals surface area contributed by atoms with Crippen molar-refractivity contribution in [3.8, 4) is 12.1 Å². The summed E-state index contributed by atoms with van der Waals surface area (Å²) in [7, 11) is 0. The molecule has 1 unspecified atom stereocenters. The van der Waals surface area contributed by atoms with Gasteiger partial charge in [0.1, 0.15) is 6.07 Å².